The maximum Gasteiger partial charge on any atom is 0.196 e. The zero-order chi connectivity index (χ0) is 14.2. The summed E-state index contributed by atoms with van der Waals surface area (Å²) in [7, 11) is 0. The number of carbonyl (C=O) groups excluding carboxylic acids is 1. The second kappa shape index (κ2) is 6.19. The van der Waals surface area contributed by atoms with E-state index >= 15 is 0 Å². The van der Waals surface area contributed by atoms with E-state index in [-0.39, 0.29) is 21.4 Å². The second-order valence-electron chi connectivity index (χ2n) is 3.70. The predicted molar refractivity (Wildman–Crippen MR) is 89.1 cm³/mol. The summed E-state index contributed by atoms with van der Waals surface area (Å²) in [6.45, 7) is 0. The van der Waals surface area contributed by atoms with Crippen LogP contribution in [-0.2, 0) is 0 Å². The number of benzene rings is 2. The molecule has 2 aromatic carbocycles. The van der Waals surface area contributed by atoms with E-state index in [1.54, 1.807) is 18.2 Å². The molecule has 0 fully saturated rings. The summed E-state index contributed by atoms with van der Waals surface area (Å²) in [6, 6.07) is 7.99. The lowest BCUT2D eigenvalue weighted by Gasteiger charge is -2.08. The Balaban J connectivity index is 2.53. The summed E-state index contributed by atoms with van der Waals surface area (Å²) in [5, 5.41) is 1.33. The van der Waals surface area contributed by atoms with E-state index in [2.05, 4.69) is 22.6 Å². The molecule has 0 bridgehead atoms. The first-order chi connectivity index (χ1) is 8.90. The summed E-state index contributed by atoms with van der Waals surface area (Å²) in [4.78, 5) is 12.4. The maximum atomic E-state index is 12.4. The van der Waals surface area contributed by atoms with Crippen molar-refractivity contribution in [3.05, 3.63) is 65.1 Å². The molecular formula is C13H5Cl4IO. The molecule has 6 heteroatoms. The van der Waals surface area contributed by atoms with E-state index in [1.165, 1.54) is 12.1 Å². The standard InChI is InChI=1S/C13H5Cl4IO/c14-7-4-9(16)12(10(17)5-7)13(19)6-1-2-11(18)8(15)3-6/h1-5H. The number of hydrogen-bond acceptors (Lipinski definition) is 1. The van der Waals surface area contributed by atoms with Crippen LogP contribution in [0.3, 0.4) is 0 Å². The van der Waals surface area contributed by atoms with E-state index in [1.807, 2.05) is 0 Å². The minimum Gasteiger partial charge on any atom is -0.288 e. The molecule has 0 spiro atoms. The lowest BCUT2D eigenvalue weighted by Crippen LogP contribution is -2.03. The molecule has 1 nitrogen and oxygen atoms in total. The summed E-state index contributed by atoms with van der Waals surface area (Å²) >= 11 is 26.0. The molecule has 0 amide bonds. The van der Waals surface area contributed by atoms with Gasteiger partial charge in [-0.25, -0.2) is 0 Å². The van der Waals surface area contributed by atoms with Crippen LogP contribution < -0.4 is 0 Å². The van der Waals surface area contributed by atoms with Crippen LogP contribution >= 0.6 is 69.0 Å². The van der Waals surface area contributed by atoms with Crippen LogP contribution in [0, 0.1) is 3.57 Å². The second-order valence-corrected chi connectivity index (χ2v) is 6.52. The van der Waals surface area contributed by atoms with E-state index < -0.39 is 0 Å². The average molecular weight is 446 g/mol. The Morgan fingerprint density at radius 1 is 0.895 bits per heavy atom. The van der Waals surface area contributed by atoms with Crippen LogP contribution in [0.15, 0.2) is 30.3 Å². The fourth-order valence-electron chi connectivity index (χ4n) is 1.54. The van der Waals surface area contributed by atoms with Gasteiger partial charge in [-0.15, -0.1) is 0 Å². The van der Waals surface area contributed by atoms with Gasteiger partial charge >= 0.3 is 0 Å². The molecule has 19 heavy (non-hydrogen) atoms. The van der Waals surface area contributed by atoms with Gasteiger partial charge in [0.2, 0.25) is 0 Å². The topological polar surface area (TPSA) is 17.1 Å². The molecule has 0 N–H and O–H groups in total. The molecule has 0 aliphatic heterocycles. The van der Waals surface area contributed by atoms with Crippen molar-refractivity contribution < 1.29 is 4.79 Å². The maximum absolute atomic E-state index is 12.4. The zero-order valence-corrected chi connectivity index (χ0v) is 14.4. The fourth-order valence-corrected chi connectivity index (χ4v) is 3.05. The van der Waals surface area contributed by atoms with Crippen LogP contribution in [0.2, 0.25) is 20.1 Å². The largest absolute Gasteiger partial charge is 0.288 e. The third kappa shape index (κ3) is 3.37. The van der Waals surface area contributed by atoms with E-state index in [0.717, 1.165) is 3.57 Å². The Morgan fingerprint density at radius 2 is 1.47 bits per heavy atom. The smallest absolute Gasteiger partial charge is 0.196 e. The molecule has 0 unspecified atom stereocenters. The number of halogens is 5. The molecule has 2 rings (SSSR count). The highest BCUT2D eigenvalue weighted by Crippen LogP contribution is 2.31. The Morgan fingerprint density at radius 3 is 2.00 bits per heavy atom. The normalized spacial score (nSPS) is 10.6. The molecule has 0 saturated heterocycles. The molecule has 2 aromatic rings. The summed E-state index contributed by atoms with van der Waals surface area (Å²) < 4.78 is 0.865. The average Bonchev–Trinajstić information content (AvgIpc) is 2.31. The van der Waals surface area contributed by atoms with E-state index in [0.29, 0.717) is 15.6 Å². The Kier molecular flexibility index (Phi) is 5.01. The summed E-state index contributed by atoms with van der Waals surface area (Å²) in [6.07, 6.45) is 0. The third-order valence-corrected chi connectivity index (χ3v) is 4.80. The van der Waals surface area contributed by atoms with Gasteiger partial charge in [-0.3, -0.25) is 4.79 Å². The van der Waals surface area contributed by atoms with Crippen LogP contribution in [0.5, 0.6) is 0 Å². The highest BCUT2D eigenvalue weighted by molar-refractivity contribution is 14.1. The van der Waals surface area contributed by atoms with E-state index in [9.17, 15) is 4.79 Å². The minimum absolute atomic E-state index is 0.220. The van der Waals surface area contributed by atoms with Crippen molar-refractivity contribution in [2.45, 2.75) is 0 Å². The first kappa shape index (κ1) is 15.4. The van der Waals surface area contributed by atoms with Gasteiger partial charge in [0.05, 0.1) is 20.6 Å². The minimum atomic E-state index is -0.287. The van der Waals surface area contributed by atoms with Gasteiger partial charge in [-0.05, 0) is 52.9 Å². The Bertz CT molecular complexity index is 647. The van der Waals surface area contributed by atoms with Crippen LogP contribution in [0.1, 0.15) is 15.9 Å². The lowest BCUT2D eigenvalue weighted by molar-refractivity contribution is 0.103. The fraction of sp³-hybridized carbons (Fsp3) is 0. The monoisotopic (exact) mass is 444 g/mol. The van der Waals surface area contributed by atoms with Crippen LogP contribution in [0.25, 0.3) is 0 Å². The SMILES string of the molecule is O=C(c1ccc(I)c(Cl)c1)c1c(Cl)cc(Cl)cc1Cl. The molecule has 0 radical (unpaired) electrons. The van der Waals surface area contributed by atoms with Crippen molar-refractivity contribution in [2.75, 3.05) is 0 Å². The quantitative estimate of drug-likeness (QED) is 0.401. The van der Waals surface area contributed by atoms with Gasteiger partial charge in [-0.2, -0.15) is 0 Å². The lowest BCUT2D eigenvalue weighted by atomic mass is 10.0. The van der Waals surface area contributed by atoms with Crippen molar-refractivity contribution in [1.82, 2.24) is 0 Å². The van der Waals surface area contributed by atoms with Gasteiger partial charge < -0.3 is 0 Å². The Hall–Kier alpha value is -0.000000000000000222. The van der Waals surface area contributed by atoms with Crippen molar-refractivity contribution in [3.63, 3.8) is 0 Å². The van der Waals surface area contributed by atoms with Gasteiger partial charge in [0, 0.05) is 14.2 Å². The Labute approximate surface area is 143 Å². The highest BCUT2D eigenvalue weighted by Gasteiger charge is 2.18. The van der Waals surface area contributed by atoms with Crippen molar-refractivity contribution >= 4 is 74.8 Å². The van der Waals surface area contributed by atoms with Gasteiger partial charge in [0.1, 0.15) is 0 Å². The number of hydrogen-bond donors (Lipinski definition) is 0. The summed E-state index contributed by atoms with van der Waals surface area (Å²) in [5.74, 6) is -0.287. The number of ketones is 1. The van der Waals surface area contributed by atoms with Crippen LogP contribution in [0.4, 0.5) is 0 Å². The predicted octanol–water partition coefficient (Wildman–Crippen LogP) is 6.14. The molecular weight excluding hydrogens is 441 g/mol. The molecule has 0 aromatic heterocycles. The molecule has 0 atom stereocenters. The van der Waals surface area contributed by atoms with Gasteiger partial charge in [-0.1, -0.05) is 46.4 Å². The molecule has 0 aliphatic carbocycles. The number of rotatable bonds is 2. The first-order valence-corrected chi connectivity index (χ1v) is 7.63. The van der Waals surface area contributed by atoms with Gasteiger partial charge in [0.15, 0.2) is 5.78 Å². The molecule has 98 valence electrons. The summed E-state index contributed by atoms with van der Waals surface area (Å²) in [5.41, 5.74) is 0.654. The van der Waals surface area contributed by atoms with Gasteiger partial charge in [0.25, 0.3) is 0 Å². The van der Waals surface area contributed by atoms with E-state index in [4.69, 9.17) is 46.4 Å². The first-order valence-electron chi connectivity index (χ1n) is 5.04. The van der Waals surface area contributed by atoms with Crippen molar-refractivity contribution in [1.29, 1.82) is 0 Å². The molecule has 0 saturated carbocycles. The van der Waals surface area contributed by atoms with Crippen molar-refractivity contribution in [2.24, 2.45) is 0 Å². The zero-order valence-electron chi connectivity index (χ0n) is 9.18. The highest BCUT2D eigenvalue weighted by atomic mass is 127. The third-order valence-electron chi connectivity index (χ3n) is 2.42. The van der Waals surface area contributed by atoms with Crippen molar-refractivity contribution in [3.8, 4) is 0 Å². The van der Waals surface area contributed by atoms with Crippen LogP contribution in [-0.4, -0.2) is 5.78 Å². The molecule has 0 heterocycles. The number of carbonyl (C=O) groups is 1. The molecule has 0 aliphatic rings.